The zero-order valence-corrected chi connectivity index (χ0v) is 10.1. The second-order valence-electron chi connectivity index (χ2n) is 3.88. The molecule has 1 aromatic rings. The highest BCUT2D eigenvalue weighted by Gasteiger charge is 2.02. The summed E-state index contributed by atoms with van der Waals surface area (Å²) >= 11 is 0. The van der Waals surface area contributed by atoms with E-state index >= 15 is 0 Å². The molecule has 0 aliphatic carbocycles. The summed E-state index contributed by atoms with van der Waals surface area (Å²) in [5, 5.41) is 7.53. The molecule has 1 aromatic heterocycles. The molecule has 0 spiro atoms. The van der Waals surface area contributed by atoms with E-state index < -0.39 is 0 Å². The van der Waals surface area contributed by atoms with Crippen molar-refractivity contribution < 1.29 is 9.53 Å². The maximum atomic E-state index is 10.8. The van der Waals surface area contributed by atoms with Gasteiger partial charge < -0.3 is 10.1 Å². The van der Waals surface area contributed by atoms with Crippen molar-refractivity contribution >= 4 is 5.97 Å². The number of aromatic nitrogens is 2. The van der Waals surface area contributed by atoms with E-state index in [1.54, 1.807) is 0 Å². The third-order valence-electron chi connectivity index (χ3n) is 2.23. The first-order chi connectivity index (χ1) is 7.63. The lowest BCUT2D eigenvalue weighted by atomic mass is 10.4. The molecule has 1 N–H and O–H groups in total. The Balaban J connectivity index is 2.24. The van der Waals surface area contributed by atoms with Crippen LogP contribution in [0.15, 0.2) is 12.3 Å². The molecule has 0 unspecified atom stereocenters. The summed E-state index contributed by atoms with van der Waals surface area (Å²) in [6.07, 6.45) is 2.35. The molecule has 0 aromatic carbocycles. The van der Waals surface area contributed by atoms with Crippen molar-refractivity contribution in [3.05, 3.63) is 18.0 Å². The molecule has 0 saturated heterocycles. The van der Waals surface area contributed by atoms with Crippen molar-refractivity contribution in [3.63, 3.8) is 0 Å². The molecule has 0 amide bonds. The number of methoxy groups -OCH3 is 1. The molecule has 5 nitrogen and oxygen atoms in total. The first-order valence-electron chi connectivity index (χ1n) is 5.45. The minimum absolute atomic E-state index is 0.194. The normalized spacial score (nSPS) is 10.8. The van der Waals surface area contributed by atoms with Gasteiger partial charge in [-0.15, -0.1) is 0 Å². The van der Waals surface area contributed by atoms with Gasteiger partial charge in [0.1, 0.15) is 0 Å². The molecule has 1 rings (SSSR count). The van der Waals surface area contributed by atoms with Gasteiger partial charge in [0.25, 0.3) is 0 Å². The summed E-state index contributed by atoms with van der Waals surface area (Å²) in [7, 11) is 1.40. The molecule has 1 heterocycles. The Labute approximate surface area is 95.8 Å². The topological polar surface area (TPSA) is 56.1 Å². The molecule has 0 radical (unpaired) electrons. The van der Waals surface area contributed by atoms with Gasteiger partial charge in [0.05, 0.1) is 19.2 Å². The quantitative estimate of drug-likeness (QED) is 0.582. The van der Waals surface area contributed by atoms with Crippen LogP contribution < -0.4 is 5.32 Å². The number of esters is 1. The average Bonchev–Trinajstić information content (AvgIpc) is 2.72. The highest BCUT2D eigenvalue weighted by atomic mass is 16.5. The summed E-state index contributed by atoms with van der Waals surface area (Å²) in [5.74, 6) is -0.194. The van der Waals surface area contributed by atoms with Crippen LogP contribution in [0, 0.1) is 0 Å². The molecule has 0 aliphatic rings. The molecule has 0 fully saturated rings. The number of carbonyl (C=O) groups excluding carboxylic acids is 1. The lowest BCUT2D eigenvalue weighted by molar-refractivity contribution is -0.140. The fourth-order valence-electron chi connectivity index (χ4n) is 1.27. The fraction of sp³-hybridized carbons (Fsp3) is 0.636. The molecule has 0 bridgehead atoms. The Kier molecular flexibility index (Phi) is 4.98. The number of nitrogens with one attached hydrogen (secondary N) is 1. The van der Waals surface area contributed by atoms with Crippen LogP contribution in [0.25, 0.3) is 0 Å². The smallest absolute Gasteiger partial charge is 0.306 e. The van der Waals surface area contributed by atoms with Gasteiger partial charge in [-0.2, -0.15) is 5.10 Å². The first kappa shape index (κ1) is 12.7. The van der Waals surface area contributed by atoms with E-state index in [2.05, 4.69) is 29.0 Å². The van der Waals surface area contributed by atoms with Crippen molar-refractivity contribution in [3.8, 4) is 0 Å². The maximum absolute atomic E-state index is 10.8. The van der Waals surface area contributed by atoms with Gasteiger partial charge in [-0.05, 0) is 19.9 Å². The Morgan fingerprint density at radius 1 is 1.62 bits per heavy atom. The van der Waals surface area contributed by atoms with Gasteiger partial charge in [0.15, 0.2) is 0 Å². The average molecular weight is 225 g/mol. The van der Waals surface area contributed by atoms with Gasteiger partial charge >= 0.3 is 5.97 Å². The number of nitrogens with zero attached hydrogens (tertiary/aromatic N) is 2. The third kappa shape index (κ3) is 4.02. The minimum Gasteiger partial charge on any atom is -0.469 e. The van der Waals surface area contributed by atoms with Crippen molar-refractivity contribution in [2.75, 3.05) is 13.7 Å². The largest absolute Gasteiger partial charge is 0.469 e. The van der Waals surface area contributed by atoms with Gasteiger partial charge in [0.2, 0.25) is 0 Å². The van der Waals surface area contributed by atoms with Crippen molar-refractivity contribution in [2.24, 2.45) is 0 Å². The molecule has 5 heteroatoms. The SMILES string of the molecule is COC(=O)CCNCc1ccn(C(C)C)n1. The van der Waals surface area contributed by atoms with E-state index in [-0.39, 0.29) is 5.97 Å². The Morgan fingerprint density at radius 3 is 2.94 bits per heavy atom. The van der Waals surface area contributed by atoms with E-state index in [4.69, 9.17) is 0 Å². The van der Waals surface area contributed by atoms with Crippen molar-refractivity contribution in [1.29, 1.82) is 0 Å². The predicted molar refractivity (Wildman–Crippen MR) is 61.0 cm³/mol. The number of carbonyl (C=O) groups is 1. The van der Waals surface area contributed by atoms with Crippen LogP contribution in [-0.4, -0.2) is 29.4 Å². The van der Waals surface area contributed by atoms with E-state index in [9.17, 15) is 4.79 Å². The minimum atomic E-state index is -0.194. The highest BCUT2D eigenvalue weighted by Crippen LogP contribution is 2.03. The van der Waals surface area contributed by atoms with Crippen LogP contribution in [0.4, 0.5) is 0 Å². The van der Waals surface area contributed by atoms with Crippen LogP contribution in [-0.2, 0) is 16.1 Å². The lowest BCUT2D eigenvalue weighted by Crippen LogP contribution is -2.18. The molecular formula is C11H19N3O2. The van der Waals surface area contributed by atoms with E-state index in [0.29, 0.717) is 25.6 Å². The second-order valence-corrected chi connectivity index (χ2v) is 3.88. The van der Waals surface area contributed by atoms with Crippen LogP contribution in [0.3, 0.4) is 0 Å². The van der Waals surface area contributed by atoms with Gasteiger partial charge in [-0.25, -0.2) is 0 Å². The number of ether oxygens (including phenoxy) is 1. The molecule has 0 saturated carbocycles. The van der Waals surface area contributed by atoms with Gasteiger partial charge in [0, 0.05) is 25.3 Å². The zero-order chi connectivity index (χ0) is 12.0. The monoisotopic (exact) mass is 225 g/mol. The van der Waals surface area contributed by atoms with Crippen LogP contribution in [0.5, 0.6) is 0 Å². The first-order valence-corrected chi connectivity index (χ1v) is 5.45. The Hall–Kier alpha value is -1.36. The molecule has 0 aliphatic heterocycles. The Bertz CT molecular complexity index is 334. The van der Waals surface area contributed by atoms with E-state index in [0.717, 1.165) is 5.69 Å². The fourth-order valence-corrected chi connectivity index (χ4v) is 1.27. The second kappa shape index (κ2) is 6.27. The standard InChI is InChI=1S/C11H19N3O2/c1-9(2)14-7-5-10(13-14)8-12-6-4-11(15)16-3/h5,7,9,12H,4,6,8H2,1-3H3. The van der Waals surface area contributed by atoms with Crippen LogP contribution in [0.1, 0.15) is 32.0 Å². The predicted octanol–water partition coefficient (Wildman–Crippen LogP) is 1.12. The van der Waals surface area contributed by atoms with Gasteiger partial charge in [-0.3, -0.25) is 9.48 Å². The van der Waals surface area contributed by atoms with Crippen molar-refractivity contribution in [1.82, 2.24) is 15.1 Å². The van der Waals surface area contributed by atoms with Crippen LogP contribution >= 0.6 is 0 Å². The van der Waals surface area contributed by atoms with Crippen LogP contribution in [0.2, 0.25) is 0 Å². The van der Waals surface area contributed by atoms with E-state index in [1.807, 2.05) is 16.9 Å². The molecule has 90 valence electrons. The summed E-state index contributed by atoms with van der Waals surface area (Å²) in [6, 6.07) is 2.36. The zero-order valence-electron chi connectivity index (χ0n) is 10.1. The lowest BCUT2D eigenvalue weighted by Gasteiger charge is -2.04. The summed E-state index contributed by atoms with van der Waals surface area (Å²) in [6.45, 7) is 5.46. The molecular weight excluding hydrogens is 206 g/mol. The third-order valence-corrected chi connectivity index (χ3v) is 2.23. The number of hydrogen-bond acceptors (Lipinski definition) is 4. The Morgan fingerprint density at radius 2 is 2.38 bits per heavy atom. The van der Waals surface area contributed by atoms with Gasteiger partial charge in [-0.1, -0.05) is 0 Å². The highest BCUT2D eigenvalue weighted by molar-refractivity contribution is 5.69. The number of hydrogen-bond donors (Lipinski definition) is 1. The summed E-state index contributed by atoms with van der Waals surface area (Å²) in [4.78, 5) is 10.8. The van der Waals surface area contributed by atoms with Crippen molar-refractivity contribution in [2.45, 2.75) is 32.9 Å². The van der Waals surface area contributed by atoms with E-state index in [1.165, 1.54) is 7.11 Å². The maximum Gasteiger partial charge on any atom is 0.306 e. The molecule has 0 atom stereocenters. The summed E-state index contributed by atoms with van der Waals surface area (Å²) < 4.78 is 6.45. The number of rotatable bonds is 6. The molecule has 16 heavy (non-hydrogen) atoms. The summed E-state index contributed by atoms with van der Waals surface area (Å²) in [5.41, 5.74) is 0.985.